The van der Waals surface area contributed by atoms with Crippen molar-refractivity contribution in [2.45, 2.75) is 63.8 Å². The van der Waals surface area contributed by atoms with Gasteiger partial charge in [-0.05, 0) is 37.8 Å². The summed E-state index contributed by atoms with van der Waals surface area (Å²) >= 11 is 6.23. The van der Waals surface area contributed by atoms with Crippen molar-refractivity contribution >= 4 is 23.3 Å². The SMILES string of the molecule is O=C(c1ccccc1Cl)N1CCCCCC1=NC1CCCCC1. The van der Waals surface area contributed by atoms with E-state index < -0.39 is 0 Å². The Morgan fingerprint density at radius 1 is 1.04 bits per heavy atom. The molecule has 0 bridgehead atoms. The first-order chi connectivity index (χ1) is 11.3. The number of nitrogens with zero attached hydrogens (tertiary/aromatic N) is 2. The van der Waals surface area contributed by atoms with Crippen molar-refractivity contribution in [1.29, 1.82) is 0 Å². The highest BCUT2D eigenvalue weighted by molar-refractivity contribution is 6.34. The summed E-state index contributed by atoms with van der Waals surface area (Å²) < 4.78 is 0. The van der Waals surface area contributed by atoms with Crippen LogP contribution in [0.4, 0.5) is 0 Å². The Morgan fingerprint density at radius 3 is 2.57 bits per heavy atom. The Labute approximate surface area is 143 Å². The van der Waals surface area contributed by atoms with Gasteiger partial charge in [-0.25, -0.2) is 0 Å². The van der Waals surface area contributed by atoms with E-state index in [-0.39, 0.29) is 5.91 Å². The van der Waals surface area contributed by atoms with Crippen LogP contribution in [-0.4, -0.2) is 29.2 Å². The van der Waals surface area contributed by atoms with Gasteiger partial charge in [0.1, 0.15) is 5.84 Å². The molecule has 0 N–H and O–H groups in total. The van der Waals surface area contributed by atoms with Crippen LogP contribution in [-0.2, 0) is 0 Å². The number of likely N-dealkylation sites (tertiary alicyclic amines) is 1. The van der Waals surface area contributed by atoms with Crippen LogP contribution in [0.2, 0.25) is 5.02 Å². The van der Waals surface area contributed by atoms with Gasteiger partial charge in [0.2, 0.25) is 0 Å². The van der Waals surface area contributed by atoms with E-state index >= 15 is 0 Å². The molecule has 0 spiro atoms. The lowest BCUT2D eigenvalue weighted by Gasteiger charge is -2.26. The zero-order valence-corrected chi connectivity index (χ0v) is 14.4. The molecule has 0 atom stereocenters. The lowest BCUT2D eigenvalue weighted by Crippen LogP contribution is -2.37. The molecule has 2 aliphatic rings. The maximum Gasteiger partial charge on any atom is 0.260 e. The molecule has 1 heterocycles. The predicted molar refractivity (Wildman–Crippen MR) is 95.3 cm³/mol. The van der Waals surface area contributed by atoms with E-state index in [1.807, 2.05) is 23.1 Å². The van der Waals surface area contributed by atoms with E-state index in [1.54, 1.807) is 6.07 Å². The van der Waals surface area contributed by atoms with Gasteiger partial charge in [-0.1, -0.05) is 49.4 Å². The van der Waals surface area contributed by atoms with Crippen LogP contribution >= 0.6 is 11.6 Å². The number of benzene rings is 1. The summed E-state index contributed by atoms with van der Waals surface area (Å²) in [6.45, 7) is 0.760. The molecule has 1 aliphatic heterocycles. The van der Waals surface area contributed by atoms with Gasteiger partial charge in [-0.2, -0.15) is 0 Å². The average Bonchev–Trinajstić information content (AvgIpc) is 2.81. The number of carbonyl (C=O) groups excluding carboxylic acids is 1. The fourth-order valence-corrected chi connectivity index (χ4v) is 3.76. The zero-order chi connectivity index (χ0) is 16.1. The van der Waals surface area contributed by atoms with Crippen LogP contribution < -0.4 is 0 Å². The molecule has 0 aromatic heterocycles. The summed E-state index contributed by atoms with van der Waals surface area (Å²) in [5.74, 6) is 0.992. The smallest absolute Gasteiger partial charge is 0.260 e. The van der Waals surface area contributed by atoms with Crippen LogP contribution in [0, 0.1) is 0 Å². The van der Waals surface area contributed by atoms with Crippen molar-refractivity contribution < 1.29 is 4.79 Å². The van der Waals surface area contributed by atoms with Crippen molar-refractivity contribution in [3.63, 3.8) is 0 Å². The molecule has 1 amide bonds. The average molecular weight is 333 g/mol. The standard InChI is InChI=1S/C19H25ClN2O/c20-17-12-7-6-11-16(17)19(23)22-14-8-2-5-13-18(22)21-15-9-3-1-4-10-15/h6-7,11-12,15H,1-5,8-10,13-14H2. The van der Waals surface area contributed by atoms with E-state index in [1.165, 1.54) is 19.3 Å². The van der Waals surface area contributed by atoms with E-state index in [4.69, 9.17) is 16.6 Å². The number of carbonyl (C=O) groups is 1. The zero-order valence-electron chi connectivity index (χ0n) is 13.6. The minimum atomic E-state index is 0.00654. The van der Waals surface area contributed by atoms with Crippen LogP contribution in [0.25, 0.3) is 0 Å². The highest BCUT2D eigenvalue weighted by Crippen LogP contribution is 2.24. The molecule has 0 radical (unpaired) electrons. The molecule has 1 aromatic carbocycles. The number of hydrogen-bond donors (Lipinski definition) is 0. The van der Waals surface area contributed by atoms with Gasteiger partial charge in [0.25, 0.3) is 5.91 Å². The normalized spacial score (nSPS) is 22.1. The Kier molecular flexibility index (Phi) is 5.71. The molecule has 0 unspecified atom stereocenters. The third kappa shape index (κ3) is 4.14. The van der Waals surface area contributed by atoms with Crippen LogP contribution in [0.5, 0.6) is 0 Å². The van der Waals surface area contributed by atoms with E-state index in [0.717, 1.165) is 50.9 Å². The molecule has 23 heavy (non-hydrogen) atoms. The number of amidine groups is 1. The molecule has 4 heteroatoms. The van der Waals surface area contributed by atoms with Gasteiger partial charge in [0.15, 0.2) is 0 Å². The highest BCUT2D eigenvalue weighted by atomic mass is 35.5. The molecule has 124 valence electrons. The second kappa shape index (κ2) is 7.96. The summed E-state index contributed by atoms with van der Waals surface area (Å²) in [6, 6.07) is 7.73. The summed E-state index contributed by atoms with van der Waals surface area (Å²) in [6.07, 6.45) is 10.4. The molecule has 1 aromatic rings. The van der Waals surface area contributed by atoms with Gasteiger partial charge < -0.3 is 0 Å². The molecule has 1 saturated heterocycles. The number of rotatable bonds is 2. The van der Waals surface area contributed by atoms with Crippen molar-refractivity contribution in [3.05, 3.63) is 34.9 Å². The molecule has 1 aliphatic carbocycles. The first-order valence-corrected chi connectivity index (χ1v) is 9.26. The fraction of sp³-hybridized carbons (Fsp3) is 0.579. The number of aliphatic imine (C=N–C) groups is 1. The van der Waals surface area contributed by atoms with Crippen molar-refractivity contribution in [1.82, 2.24) is 4.90 Å². The Balaban J connectivity index is 1.85. The Hall–Kier alpha value is -1.35. The summed E-state index contributed by atoms with van der Waals surface area (Å²) in [5.41, 5.74) is 0.590. The maximum atomic E-state index is 13.0. The van der Waals surface area contributed by atoms with E-state index in [9.17, 15) is 4.79 Å². The van der Waals surface area contributed by atoms with Crippen molar-refractivity contribution in [2.75, 3.05) is 6.54 Å². The maximum absolute atomic E-state index is 13.0. The summed E-state index contributed by atoms with van der Waals surface area (Å²) in [7, 11) is 0. The van der Waals surface area contributed by atoms with E-state index in [0.29, 0.717) is 16.6 Å². The number of halogens is 1. The minimum absolute atomic E-state index is 0.00654. The Morgan fingerprint density at radius 2 is 1.78 bits per heavy atom. The number of hydrogen-bond acceptors (Lipinski definition) is 2. The third-order valence-corrected chi connectivity index (χ3v) is 5.18. The monoisotopic (exact) mass is 332 g/mol. The van der Waals surface area contributed by atoms with Gasteiger partial charge >= 0.3 is 0 Å². The topological polar surface area (TPSA) is 32.7 Å². The van der Waals surface area contributed by atoms with E-state index in [2.05, 4.69) is 0 Å². The molecular formula is C19H25ClN2O. The second-order valence-electron chi connectivity index (χ2n) is 6.58. The lowest BCUT2D eigenvalue weighted by atomic mass is 9.96. The van der Waals surface area contributed by atoms with Gasteiger partial charge in [0, 0.05) is 13.0 Å². The summed E-state index contributed by atoms with van der Waals surface area (Å²) in [5, 5.41) is 0.527. The third-order valence-electron chi connectivity index (χ3n) is 4.85. The van der Waals surface area contributed by atoms with Crippen molar-refractivity contribution in [2.24, 2.45) is 4.99 Å². The molecular weight excluding hydrogens is 308 g/mol. The molecule has 1 saturated carbocycles. The van der Waals surface area contributed by atoms with Crippen LogP contribution in [0.3, 0.4) is 0 Å². The first kappa shape index (κ1) is 16.5. The van der Waals surface area contributed by atoms with Gasteiger partial charge in [-0.3, -0.25) is 14.7 Å². The van der Waals surface area contributed by atoms with Gasteiger partial charge in [0.05, 0.1) is 16.6 Å². The quantitative estimate of drug-likeness (QED) is 0.742. The molecule has 2 fully saturated rings. The van der Waals surface area contributed by atoms with Crippen LogP contribution in [0.15, 0.2) is 29.3 Å². The minimum Gasteiger partial charge on any atom is -0.296 e. The molecule has 3 nitrogen and oxygen atoms in total. The largest absolute Gasteiger partial charge is 0.296 e. The first-order valence-electron chi connectivity index (χ1n) is 8.89. The fourth-order valence-electron chi connectivity index (χ4n) is 3.55. The van der Waals surface area contributed by atoms with Gasteiger partial charge in [-0.15, -0.1) is 0 Å². The number of amides is 1. The second-order valence-corrected chi connectivity index (χ2v) is 6.99. The lowest BCUT2D eigenvalue weighted by molar-refractivity contribution is 0.0845. The molecule has 3 rings (SSSR count). The predicted octanol–water partition coefficient (Wildman–Crippen LogP) is 5.09. The van der Waals surface area contributed by atoms with Crippen LogP contribution in [0.1, 0.15) is 68.1 Å². The Bertz CT molecular complexity index is 578. The van der Waals surface area contributed by atoms with Crippen molar-refractivity contribution in [3.8, 4) is 0 Å². The highest BCUT2D eigenvalue weighted by Gasteiger charge is 2.25. The summed E-state index contributed by atoms with van der Waals surface area (Å²) in [4.78, 5) is 19.9.